The molecule has 1 amide bonds. The highest BCUT2D eigenvalue weighted by Crippen LogP contribution is 2.28. The molecule has 2 aromatic carbocycles. The van der Waals surface area contributed by atoms with Gasteiger partial charge in [0.2, 0.25) is 5.91 Å². The van der Waals surface area contributed by atoms with Crippen molar-refractivity contribution in [3.63, 3.8) is 0 Å². The van der Waals surface area contributed by atoms with Crippen molar-refractivity contribution in [2.45, 2.75) is 13.3 Å². The van der Waals surface area contributed by atoms with Crippen LogP contribution in [0.4, 0.5) is 5.69 Å². The number of carbonyl (C=O) groups is 1. The molecule has 0 unspecified atom stereocenters. The van der Waals surface area contributed by atoms with Gasteiger partial charge in [0.1, 0.15) is 0 Å². The molecule has 7 nitrogen and oxygen atoms in total. The lowest BCUT2D eigenvalue weighted by atomic mass is 10.1. The van der Waals surface area contributed by atoms with Crippen molar-refractivity contribution in [2.24, 2.45) is 0 Å². The second kappa shape index (κ2) is 6.72. The molecule has 3 N–H and O–H groups in total. The Kier molecular flexibility index (Phi) is 4.47. The van der Waals surface area contributed by atoms with E-state index in [0.717, 1.165) is 11.1 Å². The molecule has 0 bridgehead atoms. The lowest BCUT2D eigenvalue weighted by Gasteiger charge is -2.11. The number of hydrogen-bond donors (Lipinski definition) is 3. The second-order valence-corrected chi connectivity index (χ2v) is 5.71. The highest BCUT2D eigenvalue weighted by atomic mass is 16.5. The summed E-state index contributed by atoms with van der Waals surface area (Å²) >= 11 is 0. The van der Waals surface area contributed by atoms with E-state index in [1.807, 2.05) is 19.1 Å². The van der Waals surface area contributed by atoms with Crippen LogP contribution in [0.15, 0.2) is 35.1 Å². The first-order valence-electron chi connectivity index (χ1n) is 7.73. The van der Waals surface area contributed by atoms with Gasteiger partial charge in [-0.05, 0) is 42.3 Å². The molecule has 0 spiro atoms. The fourth-order valence-electron chi connectivity index (χ4n) is 2.70. The molecule has 0 aliphatic rings. The number of rotatable bonds is 5. The third-order valence-electron chi connectivity index (χ3n) is 3.95. The number of fused-ring (bicyclic) bond motifs is 1. The molecule has 3 aromatic rings. The summed E-state index contributed by atoms with van der Waals surface area (Å²) < 4.78 is 10.4. The largest absolute Gasteiger partial charge is 0.493 e. The number of aryl methyl sites for hydroxylation is 1. The van der Waals surface area contributed by atoms with Crippen LogP contribution in [0.2, 0.25) is 0 Å². The van der Waals surface area contributed by atoms with Crippen LogP contribution in [-0.4, -0.2) is 30.1 Å². The minimum atomic E-state index is -0.275. The van der Waals surface area contributed by atoms with Crippen molar-refractivity contribution in [2.75, 3.05) is 19.5 Å². The Morgan fingerprint density at radius 3 is 2.40 bits per heavy atom. The van der Waals surface area contributed by atoms with Crippen molar-refractivity contribution < 1.29 is 14.3 Å². The molecule has 0 radical (unpaired) electrons. The van der Waals surface area contributed by atoms with Crippen LogP contribution < -0.4 is 20.5 Å². The number of ether oxygens (including phenoxy) is 2. The summed E-state index contributed by atoms with van der Waals surface area (Å²) in [6.45, 7) is 1.87. The highest BCUT2D eigenvalue weighted by Gasteiger charge is 2.11. The summed E-state index contributed by atoms with van der Waals surface area (Å²) in [6, 6.07) is 8.93. The van der Waals surface area contributed by atoms with Gasteiger partial charge in [-0.1, -0.05) is 6.07 Å². The Bertz CT molecular complexity index is 988. The molecule has 7 heteroatoms. The molecular weight excluding hydrogens is 322 g/mol. The number of benzene rings is 2. The third-order valence-corrected chi connectivity index (χ3v) is 3.95. The maximum atomic E-state index is 12.4. The molecule has 0 aliphatic carbocycles. The topological polar surface area (TPSA) is 96.2 Å². The molecular formula is C18H19N3O4. The number of hydrogen-bond acceptors (Lipinski definition) is 4. The molecule has 3 rings (SSSR count). The number of amides is 1. The number of carbonyl (C=O) groups excluding carboxylic acids is 1. The van der Waals surface area contributed by atoms with E-state index in [2.05, 4.69) is 15.3 Å². The van der Waals surface area contributed by atoms with Crippen LogP contribution in [0, 0.1) is 6.92 Å². The van der Waals surface area contributed by atoms with Crippen LogP contribution in [0.1, 0.15) is 11.1 Å². The molecule has 0 saturated heterocycles. The molecule has 130 valence electrons. The molecule has 1 heterocycles. The molecule has 0 saturated carbocycles. The van der Waals surface area contributed by atoms with Crippen molar-refractivity contribution in [1.29, 1.82) is 0 Å². The maximum Gasteiger partial charge on any atom is 0.323 e. The normalized spacial score (nSPS) is 10.7. The van der Waals surface area contributed by atoms with Crippen LogP contribution in [0.5, 0.6) is 11.5 Å². The van der Waals surface area contributed by atoms with Gasteiger partial charge in [-0.15, -0.1) is 0 Å². The van der Waals surface area contributed by atoms with Gasteiger partial charge in [0.25, 0.3) is 0 Å². The Balaban J connectivity index is 1.78. The fourth-order valence-corrected chi connectivity index (χ4v) is 2.70. The average molecular weight is 341 g/mol. The summed E-state index contributed by atoms with van der Waals surface area (Å²) in [7, 11) is 3.12. The first-order chi connectivity index (χ1) is 12.0. The fraction of sp³-hybridized carbons (Fsp3) is 0.222. The minimum Gasteiger partial charge on any atom is -0.493 e. The van der Waals surface area contributed by atoms with E-state index in [1.54, 1.807) is 32.4 Å². The second-order valence-electron chi connectivity index (χ2n) is 5.71. The smallest absolute Gasteiger partial charge is 0.323 e. The highest BCUT2D eigenvalue weighted by molar-refractivity contribution is 5.95. The van der Waals surface area contributed by atoms with Crippen molar-refractivity contribution in [1.82, 2.24) is 9.97 Å². The van der Waals surface area contributed by atoms with Gasteiger partial charge < -0.3 is 24.8 Å². The first kappa shape index (κ1) is 16.6. The summed E-state index contributed by atoms with van der Waals surface area (Å²) in [5.74, 6) is 1.03. The zero-order valence-electron chi connectivity index (χ0n) is 14.2. The monoisotopic (exact) mass is 341 g/mol. The number of aromatic nitrogens is 2. The third kappa shape index (κ3) is 3.50. The Morgan fingerprint density at radius 1 is 1.04 bits per heavy atom. The Labute approximate surface area is 144 Å². The van der Waals surface area contributed by atoms with Crippen molar-refractivity contribution in [3.8, 4) is 11.5 Å². The lowest BCUT2D eigenvalue weighted by molar-refractivity contribution is -0.115. The van der Waals surface area contributed by atoms with Gasteiger partial charge in [0.05, 0.1) is 31.7 Å². The van der Waals surface area contributed by atoms with E-state index in [9.17, 15) is 9.59 Å². The van der Waals surface area contributed by atoms with E-state index in [-0.39, 0.29) is 18.0 Å². The number of imidazole rings is 1. The zero-order chi connectivity index (χ0) is 18.0. The van der Waals surface area contributed by atoms with Crippen LogP contribution >= 0.6 is 0 Å². The standard InChI is InChI=1S/C18H19N3O4/c1-10-6-13-14(21-18(23)20-13)9-12(10)19-17(22)8-11-4-5-15(24-2)16(7-11)25-3/h4-7,9H,8H2,1-3H3,(H,19,22)(H2,20,21,23). The van der Waals surface area contributed by atoms with Gasteiger partial charge >= 0.3 is 5.69 Å². The van der Waals surface area contributed by atoms with Gasteiger partial charge in [0, 0.05) is 5.69 Å². The maximum absolute atomic E-state index is 12.4. The number of nitrogens with one attached hydrogen (secondary N) is 3. The van der Waals surface area contributed by atoms with E-state index in [1.165, 1.54) is 0 Å². The van der Waals surface area contributed by atoms with Gasteiger partial charge in [-0.2, -0.15) is 0 Å². The van der Waals surface area contributed by atoms with Gasteiger partial charge in [-0.25, -0.2) is 4.79 Å². The van der Waals surface area contributed by atoms with Crippen LogP contribution in [-0.2, 0) is 11.2 Å². The summed E-state index contributed by atoms with van der Waals surface area (Å²) in [5.41, 5.74) is 3.42. The zero-order valence-corrected chi connectivity index (χ0v) is 14.2. The van der Waals surface area contributed by atoms with Crippen molar-refractivity contribution >= 4 is 22.6 Å². The number of anilines is 1. The summed E-state index contributed by atoms with van der Waals surface area (Å²) in [5, 5.41) is 2.88. The lowest BCUT2D eigenvalue weighted by Crippen LogP contribution is -2.15. The summed E-state index contributed by atoms with van der Waals surface area (Å²) in [4.78, 5) is 29.1. The van der Waals surface area contributed by atoms with E-state index in [0.29, 0.717) is 28.2 Å². The van der Waals surface area contributed by atoms with Crippen LogP contribution in [0.3, 0.4) is 0 Å². The molecule has 0 fully saturated rings. The minimum absolute atomic E-state index is 0.160. The van der Waals surface area contributed by atoms with Crippen molar-refractivity contribution in [3.05, 3.63) is 51.9 Å². The van der Waals surface area contributed by atoms with Crippen LogP contribution in [0.25, 0.3) is 11.0 Å². The predicted molar refractivity (Wildman–Crippen MR) is 95.5 cm³/mol. The first-order valence-corrected chi connectivity index (χ1v) is 7.73. The van der Waals surface area contributed by atoms with E-state index in [4.69, 9.17) is 9.47 Å². The molecule has 0 aliphatic heterocycles. The molecule has 1 aromatic heterocycles. The average Bonchev–Trinajstić information content (AvgIpc) is 2.93. The number of H-pyrrole nitrogens is 2. The SMILES string of the molecule is COc1ccc(CC(=O)Nc2cc3[nH]c(=O)[nH]c3cc2C)cc1OC. The Hall–Kier alpha value is -3.22. The van der Waals surface area contributed by atoms with Gasteiger partial charge in [0.15, 0.2) is 11.5 Å². The summed E-state index contributed by atoms with van der Waals surface area (Å²) in [6.07, 6.45) is 0.196. The van der Waals surface area contributed by atoms with E-state index >= 15 is 0 Å². The number of aromatic amines is 2. The molecule has 25 heavy (non-hydrogen) atoms. The number of methoxy groups -OCH3 is 2. The Morgan fingerprint density at radius 2 is 1.72 bits per heavy atom. The molecule has 0 atom stereocenters. The predicted octanol–water partition coefficient (Wildman–Crippen LogP) is 2.36. The van der Waals surface area contributed by atoms with Gasteiger partial charge in [-0.3, -0.25) is 4.79 Å². The quantitative estimate of drug-likeness (QED) is 0.664. The van der Waals surface area contributed by atoms with E-state index < -0.39 is 0 Å².